The van der Waals surface area contributed by atoms with Crippen LogP contribution in [0.5, 0.6) is 0 Å². The molecule has 3 saturated heterocycles. The van der Waals surface area contributed by atoms with E-state index < -0.39 is 23.8 Å². The average molecular weight is 500 g/mol. The highest BCUT2D eigenvalue weighted by Gasteiger charge is 2.40. The molecule has 0 aromatic heterocycles. The highest BCUT2D eigenvalue weighted by Crippen LogP contribution is 2.33. The van der Waals surface area contributed by atoms with Crippen LogP contribution in [-0.4, -0.2) is 91.4 Å². The molecule has 1 aromatic rings. The third-order valence-corrected chi connectivity index (χ3v) is 7.63. The minimum Gasteiger partial charge on any atom is -0.372 e. The van der Waals surface area contributed by atoms with E-state index in [-0.39, 0.29) is 18.4 Å². The summed E-state index contributed by atoms with van der Waals surface area (Å²) in [6, 6.07) is 4.60. The van der Waals surface area contributed by atoms with Crippen LogP contribution in [-0.2, 0) is 19.1 Å². The first-order valence-corrected chi connectivity index (χ1v) is 12.9. The molecule has 3 aliphatic rings. The van der Waals surface area contributed by atoms with Crippen molar-refractivity contribution in [1.29, 1.82) is 0 Å². The summed E-state index contributed by atoms with van der Waals surface area (Å²) < 4.78 is 6.28. The number of piperidine rings is 2. The fourth-order valence-corrected chi connectivity index (χ4v) is 5.50. The fraction of sp³-hybridized carbons (Fsp3) is 0.615. The maximum atomic E-state index is 13.1. The van der Waals surface area contributed by atoms with E-state index in [4.69, 9.17) is 10.5 Å². The van der Waals surface area contributed by atoms with Crippen molar-refractivity contribution in [2.24, 2.45) is 5.73 Å². The van der Waals surface area contributed by atoms with Crippen molar-refractivity contribution in [2.75, 3.05) is 50.8 Å². The number of unbranched alkanes of at least 4 members (excludes halogenated alkanes) is 1. The van der Waals surface area contributed by atoms with E-state index in [1.807, 2.05) is 19.1 Å². The van der Waals surface area contributed by atoms with Gasteiger partial charge in [-0.1, -0.05) is 0 Å². The molecule has 10 heteroatoms. The number of anilines is 1. The predicted molar refractivity (Wildman–Crippen MR) is 134 cm³/mol. The third-order valence-electron chi connectivity index (χ3n) is 7.63. The Kier molecular flexibility index (Phi) is 8.38. The van der Waals surface area contributed by atoms with Gasteiger partial charge in [-0.25, -0.2) is 0 Å². The number of morpholine rings is 1. The van der Waals surface area contributed by atoms with Crippen molar-refractivity contribution >= 4 is 29.8 Å². The second kappa shape index (κ2) is 11.5. The minimum absolute atomic E-state index is 0.0948. The molecule has 3 heterocycles. The molecule has 3 N–H and O–H groups in total. The zero-order valence-electron chi connectivity index (χ0n) is 21.0. The van der Waals surface area contributed by atoms with Crippen LogP contribution < -0.4 is 16.0 Å². The standard InChI is InChI=1S/C26H37N5O5/c1-19-16-20(4-5-21(19)25(35)31(18-32)22-6-7-23(33)28-24(22)34)30-12-8-26(9-13-30)17-29(14-15-36-26)11-3-2-10-27/h4-5,16,18,22H,2-3,6-15,17,27H2,1H3,(H,28,33,34). The van der Waals surface area contributed by atoms with Crippen molar-refractivity contribution in [1.82, 2.24) is 15.1 Å². The lowest BCUT2D eigenvalue weighted by atomic mass is 9.88. The summed E-state index contributed by atoms with van der Waals surface area (Å²) in [4.78, 5) is 54.2. The van der Waals surface area contributed by atoms with Crippen LogP contribution in [0.15, 0.2) is 18.2 Å². The molecule has 36 heavy (non-hydrogen) atoms. The number of ether oxygens (including phenoxy) is 1. The Morgan fingerprint density at radius 2 is 2.03 bits per heavy atom. The predicted octanol–water partition coefficient (Wildman–Crippen LogP) is 0.809. The maximum absolute atomic E-state index is 13.1. The smallest absolute Gasteiger partial charge is 0.261 e. The Morgan fingerprint density at radius 1 is 1.25 bits per heavy atom. The fourth-order valence-electron chi connectivity index (χ4n) is 5.50. The van der Waals surface area contributed by atoms with Gasteiger partial charge in [0.25, 0.3) is 5.91 Å². The molecular formula is C26H37N5O5. The monoisotopic (exact) mass is 499 g/mol. The van der Waals surface area contributed by atoms with Gasteiger partial charge in [-0.05, 0) is 75.9 Å². The maximum Gasteiger partial charge on any atom is 0.261 e. The summed E-state index contributed by atoms with van der Waals surface area (Å²) in [6.45, 7) is 8.05. The number of hydrogen-bond acceptors (Lipinski definition) is 8. The molecule has 3 fully saturated rings. The van der Waals surface area contributed by atoms with E-state index in [2.05, 4.69) is 15.1 Å². The lowest BCUT2D eigenvalue weighted by molar-refractivity contribution is -0.139. The molecule has 0 aliphatic carbocycles. The van der Waals surface area contributed by atoms with Crippen LogP contribution in [0.3, 0.4) is 0 Å². The Balaban J connectivity index is 1.38. The van der Waals surface area contributed by atoms with E-state index in [0.717, 1.165) is 87.7 Å². The van der Waals surface area contributed by atoms with Gasteiger partial charge in [0.05, 0.1) is 12.2 Å². The number of nitrogens with zero attached hydrogens (tertiary/aromatic N) is 3. The molecule has 196 valence electrons. The highest BCUT2D eigenvalue weighted by atomic mass is 16.5. The molecule has 1 spiro atoms. The summed E-state index contributed by atoms with van der Waals surface area (Å²) in [5.74, 6) is -1.55. The number of nitrogens with two attached hydrogens (primary N) is 1. The number of imide groups is 2. The molecule has 4 rings (SSSR count). The van der Waals surface area contributed by atoms with E-state index in [9.17, 15) is 19.2 Å². The number of amides is 4. The van der Waals surface area contributed by atoms with Crippen molar-refractivity contribution in [2.45, 2.75) is 57.1 Å². The number of nitrogens with one attached hydrogen (secondary N) is 1. The number of hydrogen-bond donors (Lipinski definition) is 2. The van der Waals surface area contributed by atoms with E-state index >= 15 is 0 Å². The Labute approximate surface area is 212 Å². The first-order chi connectivity index (χ1) is 17.4. The molecule has 1 unspecified atom stereocenters. The quantitative estimate of drug-likeness (QED) is 0.306. The minimum atomic E-state index is -0.976. The lowest BCUT2D eigenvalue weighted by Gasteiger charge is -2.48. The molecule has 0 bridgehead atoms. The molecule has 3 aliphatic heterocycles. The summed E-state index contributed by atoms with van der Waals surface area (Å²) in [6.07, 6.45) is 4.65. The van der Waals surface area contributed by atoms with Crippen LogP contribution in [0.1, 0.15) is 54.4 Å². The van der Waals surface area contributed by atoms with Crippen LogP contribution >= 0.6 is 0 Å². The summed E-state index contributed by atoms with van der Waals surface area (Å²) >= 11 is 0. The first-order valence-electron chi connectivity index (χ1n) is 12.9. The van der Waals surface area contributed by atoms with Crippen LogP contribution in [0.25, 0.3) is 0 Å². The average Bonchev–Trinajstić information content (AvgIpc) is 2.86. The van der Waals surface area contributed by atoms with E-state index in [1.54, 1.807) is 6.07 Å². The van der Waals surface area contributed by atoms with Crippen molar-refractivity contribution < 1.29 is 23.9 Å². The normalized spacial score (nSPS) is 22.4. The summed E-state index contributed by atoms with van der Waals surface area (Å²) in [7, 11) is 0. The Hall–Kier alpha value is -2.82. The first kappa shape index (κ1) is 26.2. The number of rotatable bonds is 8. The van der Waals surface area contributed by atoms with Crippen molar-refractivity contribution in [3.63, 3.8) is 0 Å². The van der Waals surface area contributed by atoms with Crippen LogP contribution in [0, 0.1) is 6.92 Å². The van der Waals surface area contributed by atoms with Gasteiger partial charge in [-0.15, -0.1) is 0 Å². The van der Waals surface area contributed by atoms with Gasteiger partial charge in [0.15, 0.2) is 0 Å². The van der Waals surface area contributed by atoms with Crippen LogP contribution in [0.2, 0.25) is 0 Å². The second-order valence-corrected chi connectivity index (χ2v) is 10.1. The Bertz CT molecular complexity index is 991. The van der Waals surface area contributed by atoms with Gasteiger partial charge in [0.2, 0.25) is 18.2 Å². The third kappa shape index (κ3) is 5.77. The van der Waals surface area contributed by atoms with Gasteiger partial charge >= 0.3 is 0 Å². The zero-order valence-corrected chi connectivity index (χ0v) is 21.0. The van der Waals surface area contributed by atoms with Crippen molar-refractivity contribution in [3.8, 4) is 0 Å². The SMILES string of the molecule is Cc1cc(N2CCC3(CC2)CN(CCCCN)CCO3)ccc1C(=O)N(C=O)C1CCC(=O)NC1=O. The number of benzene rings is 1. The largest absolute Gasteiger partial charge is 0.372 e. The van der Waals surface area contributed by atoms with Gasteiger partial charge < -0.3 is 15.4 Å². The highest BCUT2D eigenvalue weighted by molar-refractivity contribution is 6.07. The number of carbonyl (C=O) groups is 4. The molecule has 0 saturated carbocycles. The van der Waals surface area contributed by atoms with E-state index in [0.29, 0.717) is 12.0 Å². The molecule has 10 nitrogen and oxygen atoms in total. The molecule has 0 radical (unpaired) electrons. The number of aryl methyl sites for hydroxylation is 1. The molecule has 1 atom stereocenters. The molecular weight excluding hydrogens is 462 g/mol. The van der Waals surface area contributed by atoms with Crippen LogP contribution in [0.4, 0.5) is 5.69 Å². The van der Waals surface area contributed by atoms with Gasteiger partial charge in [0, 0.05) is 43.9 Å². The topological polar surface area (TPSA) is 125 Å². The number of carbonyl (C=O) groups excluding carboxylic acids is 4. The van der Waals surface area contributed by atoms with Crippen molar-refractivity contribution in [3.05, 3.63) is 29.3 Å². The summed E-state index contributed by atoms with van der Waals surface area (Å²) in [5.41, 5.74) is 7.66. The second-order valence-electron chi connectivity index (χ2n) is 10.1. The van der Waals surface area contributed by atoms with Gasteiger partial charge in [0.1, 0.15) is 6.04 Å². The van der Waals surface area contributed by atoms with Gasteiger partial charge in [-0.2, -0.15) is 0 Å². The molecule has 4 amide bonds. The van der Waals surface area contributed by atoms with Gasteiger partial charge in [-0.3, -0.25) is 34.3 Å². The zero-order chi connectivity index (χ0) is 25.7. The summed E-state index contributed by atoms with van der Waals surface area (Å²) in [5, 5.41) is 2.20. The van der Waals surface area contributed by atoms with E-state index in [1.165, 1.54) is 0 Å². The Morgan fingerprint density at radius 3 is 2.69 bits per heavy atom. The lowest BCUT2D eigenvalue weighted by Crippen LogP contribution is -2.57. The molecule has 1 aromatic carbocycles.